The zero-order chi connectivity index (χ0) is 13.0. The van der Waals surface area contributed by atoms with E-state index >= 15 is 0 Å². The van der Waals surface area contributed by atoms with Crippen molar-refractivity contribution in [3.63, 3.8) is 0 Å². The highest BCUT2D eigenvalue weighted by molar-refractivity contribution is 5.10. The number of aromatic nitrogens is 1. The Balaban J connectivity index is 1.97. The van der Waals surface area contributed by atoms with E-state index in [2.05, 4.69) is 54.3 Å². The molecule has 0 aliphatic heterocycles. The average Bonchev–Trinajstić information content (AvgIpc) is 2.84. The Bertz CT molecular complexity index is 378. The Labute approximate surface area is 111 Å². The molecule has 0 spiro atoms. The number of hydrogen-bond donors (Lipinski definition) is 1. The summed E-state index contributed by atoms with van der Waals surface area (Å²) in [6.07, 6.45) is 3.89. The summed E-state index contributed by atoms with van der Waals surface area (Å²) in [6, 6.07) is 7.73. The summed E-state index contributed by atoms with van der Waals surface area (Å²) in [5, 5.41) is 3.40. The Morgan fingerprint density at radius 2 is 2.22 bits per heavy atom. The molecular weight excluding hydrogens is 222 g/mol. The van der Waals surface area contributed by atoms with Crippen LogP contribution in [0.25, 0.3) is 0 Å². The first-order valence-electron chi connectivity index (χ1n) is 7.06. The van der Waals surface area contributed by atoms with Gasteiger partial charge in [-0.05, 0) is 51.9 Å². The Kier molecular flexibility index (Phi) is 4.72. The van der Waals surface area contributed by atoms with Crippen molar-refractivity contribution in [2.75, 3.05) is 13.6 Å². The van der Waals surface area contributed by atoms with Gasteiger partial charge in [-0.15, -0.1) is 0 Å². The van der Waals surface area contributed by atoms with Crippen LogP contribution in [0.1, 0.15) is 37.6 Å². The lowest BCUT2D eigenvalue weighted by molar-refractivity contribution is 0.195. The molecule has 1 N–H and O–H groups in total. The van der Waals surface area contributed by atoms with Gasteiger partial charge >= 0.3 is 0 Å². The maximum absolute atomic E-state index is 4.61. The van der Waals surface area contributed by atoms with Crippen molar-refractivity contribution < 1.29 is 0 Å². The fourth-order valence-corrected chi connectivity index (χ4v) is 2.95. The fraction of sp³-hybridized carbons (Fsp3) is 0.667. The zero-order valence-corrected chi connectivity index (χ0v) is 11.8. The Morgan fingerprint density at radius 1 is 1.39 bits per heavy atom. The third kappa shape index (κ3) is 3.30. The van der Waals surface area contributed by atoms with Gasteiger partial charge in [0, 0.05) is 24.3 Å². The van der Waals surface area contributed by atoms with Gasteiger partial charge < -0.3 is 5.32 Å². The van der Waals surface area contributed by atoms with Gasteiger partial charge in [0.25, 0.3) is 0 Å². The van der Waals surface area contributed by atoms with Crippen molar-refractivity contribution >= 4 is 0 Å². The van der Waals surface area contributed by atoms with E-state index in [4.69, 9.17) is 0 Å². The summed E-state index contributed by atoms with van der Waals surface area (Å²) in [7, 11) is 2.07. The van der Waals surface area contributed by atoms with Gasteiger partial charge in [-0.1, -0.05) is 13.0 Å². The monoisotopic (exact) mass is 247 g/mol. The Hall–Kier alpha value is -0.930. The van der Waals surface area contributed by atoms with E-state index in [1.165, 1.54) is 25.0 Å². The number of rotatable bonds is 5. The molecule has 3 nitrogen and oxygen atoms in total. The predicted molar refractivity (Wildman–Crippen MR) is 75.5 cm³/mol. The molecule has 100 valence electrons. The molecule has 0 amide bonds. The van der Waals surface area contributed by atoms with Gasteiger partial charge in [-0.3, -0.25) is 9.88 Å². The number of nitrogens with one attached hydrogen (secondary N) is 1. The minimum absolute atomic E-state index is 0.703. The van der Waals surface area contributed by atoms with Gasteiger partial charge in [0.15, 0.2) is 0 Å². The summed E-state index contributed by atoms with van der Waals surface area (Å²) in [5.74, 6) is 0. The van der Waals surface area contributed by atoms with E-state index in [0.717, 1.165) is 24.8 Å². The van der Waals surface area contributed by atoms with Crippen molar-refractivity contribution in [3.8, 4) is 0 Å². The average molecular weight is 247 g/mol. The van der Waals surface area contributed by atoms with Crippen LogP contribution < -0.4 is 5.32 Å². The molecule has 1 saturated carbocycles. The van der Waals surface area contributed by atoms with E-state index in [0.29, 0.717) is 6.04 Å². The molecule has 2 rings (SSSR count). The molecule has 18 heavy (non-hydrogen) atoms. The summed E-state index contributed by atoms with van der Waals surface area (Å²) in [4.78, 5) is 7.18. The predicted octanol–water partition coefficient (Wildman–Crippen LogP) is 2.35. The molecule has 2 unspecified atom stereocenters. The topological polar surface area (TPSA) is 28.2 Å². The molecule has 1 aromatic heterocycles. The van der Waals surface area contributed by atoms with Gasteiger partial charge in [-0.2, -0.15) is 0 Å². The molecule has 3 heteroatoms. The molecule has 1 aliphatic carbocycles. The van der Waals surface area contributed by atoms with Crippen molar-refractivity contribution in [1.82, 2.24) is 15.2 Å². The van der Waals surface area contributed by atoms with E-state index < -0.39 is 0 Å². The van der Waals surface area contributed by atoms with Crippen LogP contribution in [0.4, 0.5) is 0 Å². The first-order valence-corrected chi connectivity index (χ1v) is 7.06. The summed E-state index contributed by atoms with van der Waals surface area (Å²) in [5.41, 5.74) is 2.31. The van der Waals surface area contributed by atoms with Crippen LogP contribution in [-0.2, 0) is 6.54 Å². The first kappa shape index (κ1) is 13.5. The van der Waals surface area contributed by atoms with E-state index in [1.807, 2.05) is 0 Å². The van der Waals surface area contributed by atoms with E-state index in [9.17, 15) is 0 Å². The number of nitrogens with zero attached hydrogens (tertiary/aromatic N) is 2. The largest absolute Gasteiger partial charge is 0.317 e. The van der Waals surface area contributed by atoms with Crippen molar-refractivity contribution in [1.29, 1.82) is 0 Å². The second-order valence-electron chi connectivity index (χ2n) is 5.29. The second-order valence-corrected chi connectivity index (χ2v) is 5.29. The lowest BCUT2D eigenvalue weighted by Gasteiger charge is -2.27. The van der Waals surface area contributed by atoms with E-state index in [1.54, 1.807) is 0 Å². The molecule has 0 bridgehead atoms. The molecule has 1 aliphatic rings. The lowest BCUT2D eigenvalue weighted by atomic mass is 10.2. The maximum atomic E-state index is 4.61. The smallest absolute Gasteiger partial charge is 0.0547 e. The number of pyridine rings is 1. The SMILES string of the molecule is CCN(Cc1cccc(C)n1)C1CCC(NC)C1. The highest BCUT2D eigenvalue weighted by Gasteiger charge is 2.27. The standard InChI is InChI=1S/C15H25N3/c1-4-18(15-9-8-13(10-15)16-3)11-14-7-5-6-12(2)17-14/h5-7,13,15-16H,4,8-11H2,1-3H3. The van der Waals surface area contributed by atoms with Crippen LogP contribution in [-0.4, -0.2) is 35.6 Å². The maximum Gasteiger partial charge on any atom is 0.0547 e. The van der Waals surface area contributed by atoms with Crippen molar-refractivity contribution in [2.45, 2.75) is 51.7 Å². The van der Waals surface area contributed by atoms with Gasteiger partial charge in [0.2, 0.25) is 0 Å². The summed E-state index contributed by atoms with van der Waals surface area (Å²) in [6.45, 7) is 6.41. The van der Waals surface area contributed by atoms with Crippen LogP contribution in [0.2, 0.25) is 0 Å². The minimum Gasteiger partial charge on any atom is -0.317 e. The molecule has 0 radical (unpaired) electrons. The molecular formula is C15H25N3. The summed E-state index contributed by atoms with van der Waals surface area (Å²) < 4.78 is 0. The van der Waals surface area contributed by atoms with Crippen LogP contribution in [0, 0.1) is 6.92 Å². The lowest BCUT2D eigenvalue weighted by Crippen LogP contribution is -2.34. The third-order valence-corrected chi connectivity index (χ3v) is 4.05. The highest BCUT2D eigenvalue weighted by atomic mass is 15.2. The number of aryl methyl sites for hydroxylation is 1. The normalized spacial score (nSPS) is 23.8. The van der Waals surface area contributed by atoms with Gasteiger partial charge in [0.05, 0.1) is 5.69 Å². The highest BCUT2D eigenvalue weighted by Crippen LogP contribution is 2.25. The first-order chi connectivity index (χ1) is 8.72. The Morgan fingerprint density at radius 3 is 2.83 bits per heavy atom. The molecule has 0 saturated heterocycles. The fourth-order valence-electron chi connectivity index (χ4n) is 2.95. The second kappa shape index (κ2) is 6.30. The van der Waals surface area contributed by atoms with Crippen LogP contribution >= 0.6 is 0 Å². The third-order valence-electron chi connectivity index (χ3n) is 4.05. The van der Waals surface area contributed by atoms with Crippen LogP contribution in [0.5, 0.6) is 0 Å². The molecule has 2 atom stereocenters. The van der Waals surface area contributed by atoms with Crippen LogP contribution in [0.3, 0.4) is 0 Å². The van der Waals surface area contributed by atoms with E-state index in [-0.39, 0.29) is 0 Å². The van der Waals surface area contributed by atoms with Gasteiger partial charge in [0.1, 0.15) is 0 Å². The molecule has 1 heterocycles. The number of hydrogen-bond acceptors (Lipinski definition) is 3. The van der Waals surface area contributed by atoms with Crippen LogP contribution in [0.15, 0.2) is 18.2 Å². The summed E-state index contributed by atoms with van der Waals surface area (Å²) >= 11 is 0. The molecule has 1 aromatic rings. The molecule has 1 fully saturated rings. The van der Waals surface area contributed by atoms with Gasteiger partial charge in [-0.25, -0.2) is 0 Å². The zero-order valence-electron chi connectivity index (χ0n) is 11.8. The van der Waals surface area contributed by atoms with Crippen molar-refractivity contribution in [2.24, 2.45) is 0 Å². The quantitative estimate of drug-likeness (QED) is 0.865. The minimum atomic E-state index is 0.703. The molecule has 0 aromatic carbocycles. The van der Waals surface area contributed by atoms with Crippen molar-refractivity contribution in [3.05, 3.63) is 29.6 Å².